The van der Waals surface area contributed by atoms with Crippen LogP contribution in [0.25, 0.3) is 0 Å². The van der Waals surface area contributed by atoms with E-state index < -0.39 is 0 Å². The topological polar surface area (TPSA) is 44.1 Å². The smallest absolute Gasteiger partial charge is 0.289 e. The molecule has 0 saturated carbocycles. The zero-order chi connectivity index (χ0) is 13.7. The lowest BCUT2D eigenvalue weighted by Gasteiger charge is -2.09. The molecule has 0 spiro atoms. The number of hydrogen-bond acceptors (Lipinski definition) is 3. The van der Waals surface area contributed by atoms with Crippen LogP contribution in [0.4, 0.5) is 0 Å². The second-order valence-corrected chi connectivity index (χ2v) is 4.98. The standard InChI is InChI=1S/C13H12BrClN2O2/c14-6-7-19-11-8-16-17(13(18)12(11)15)9-10-4-2-1-3-5-10/h1-5,8H,6-7,9H2. The van der Waals surface area contributed by atoms with Crippen LogP contribution in [0.1, 0.15) is 5.56 Å². The van der Waals surface area contributed by atoms with Gasteiger partial charge in [-0.1, -0.05) is 57.9 Å². The number of hydrogen-bond donors (Lipinski definition) is 0. The van der Waals surface area contributed by atoms with Gasteiger partial charge in [-0.2, -0.15) is 5.10 Å². The highest BCUT2D eigenvalue weighted by atomic mass is 79.9. The molecular formula is C13H12BrClN2O2. The van der Waals surface area contributed by atoms with E-state index in [0.717, 1.165) is 5.56 Å². The largest absolute Gasteiger partial charge is 0.489 e. The Morgan fingerprint density at radius 1 is 1.32 bits per heavy atom. The van der Waals surface area contributed by atoms with Gasteiger partial charge >= 0.3 is 0 Å². The Bertz CT molecular complexity index is 601. The molecule has 2 rings (SSSR count). The first-order chi connectivity index (χ1) is 9.22. The Labute approximate surface area is 124 Å². The minimum atomic E-state index is -0.349. The van der Waals surface area contributed by atoms with E-state index in [-0.39, 0.29) is 10.6 Å². The van der Waals surface area contributed by atoms with Gasteiger partial charge in [-0.25, -0.2) is 4.68 Å². The Balaban J connectivity index is 2.24. The van der Waals surface area contributed by atoms with Crippen LogP contribution in [0.3, 0.4) is 0 Å². The van der Waals surface area contributed by atoms with Gasteiger partial charge in [0, 0.05) is 5.33 Å². The summed E-state index contributed by atoms with van der Waals surface area (Å²) in [5, 5.41) is 4.79. The van der Waals surface area contributed by atoms with Crippen molar-refractivity contribution < 1.29 is 4.74 Å². The van der Waals surface area contributed by atoms with Crippen molar-refractivity contribution in [3.05, 3.63) is 57.5 Å². The highest BCUT2D eigenvalue weighted by Gasteiger charge is 2.10. The van der Waals surface area contributed by atoms with Gasteiger partial charge in [-0.3, -0.25) is 4.79 Å². The number of benzene rings is 1. The van der Waals surface area contributed by atoms with E-state index in [0.29, 0.717) is 24.2 Å². The molecule has 0 bridgehead atoms. The normalized spacial score (nSPS) is 10.4. The highest BCUT2D eigenvalue weighted by molar-refractivity contribution is 9.09. The van der Waals surface area contributed by atoms with Gasteiger partial charge in [-0.05, 0) is 5.56 Å². The Morgan fingerprint density at radius 3 is 2.74 bits per heavy atom. The minimum Gasteiger partial charge on any atom is -0.489 e. The minimum absolute atomic E-state index is 0.0619. The second kappa shape index (κ2) is 6.73. The van der Waals surface area contributed by atoms with E-state index in [4.69, 9.17) is 16.3 Å². The summed E-state index contributed by atoms with van der Waals surface area (Å²) in [6.07, 6.45) is 1.47. The summed E-state index contributed by atoms with van der Waals surface area (Å²) >= 11 is 9.22. The third-order valence-corrected chi connectivity index (χ3v) is 3.13. The average Bonchev–Trinajstić information content (AvgIpc) is 2.44. The summed E-state index contributed by atoms with van der Waals surface area (Å²) in [5.74, 6) is 0.315. The maximum Gasteiger partial charge on any atom is 0.289 e. The average molecular weight is 344 g/mol. The van der Waals surface area contributed by atoms with Gasteiger partial charge in [-0.15, -0.1) is 0 Å². The van der Waals surface area contributed by atoms with Crippen LogP contribution in [0.2, 0.25) is 5.02 Å². The van der Waals surface area contributed by atoms with Crippen molar-refractivity contribution in [2.24, 2.45) is 0 Å². The van der Waals surface area contributed by atoms with Crippen molar-refractivity contribution >= 4 is 27.5 Å². The van der Waals surface area contributed by atoms with Gasteiger partial charge in [0.05, 0.1) is 19.3 Å². The predicted molar refractivity (Wildman–Crippen MR) is 78.3 cm³/mol. The quantitative estimate of drug-likeness (QED) is 0.784. The van der Waals surface area contributed by atoms with Crippen LogP contribution in [0.5, 0.6) is 5.75 Å². The number of halogens is 2. The van der Waals surface area contributed by atoms with E-state index in [1.807, 2.05) is 30.3 Å². The molecule has 0 amide bonds. The lowest BCUT2D eigenvalue weighted by atomic mass is 10.2. The van der Waals surface area contributed by atoms with Crippen LogP contribution in [-0.4, -0.2) is 21.7 Å². The van der Waals surface area contributed by atoms with E-state index in [1.165, 1.54) is 10.9 Å². The van der Waals surface area contributed by atoms with Crippen molar-refractivity contribution in [1.82, 2.24) is 9.78 Å². The van der Waals surface area contributed by atoms with Crippen molar-refractivity contribution in [2.45, 2.75) is 6.54 Å². The highest BCUT2D eigenvalue weighted by Crippen LogP contribution is 2.18. The molecule has 0 N–H and O–H groups in total. The molecule has 0 atom stereocenters. The maximum absolute atomic E-state index is 12.0. The Hall–Kier alpha value is -1.33. The molecule has 0 radical (unpaired) electrons. The first-order valence-corrected chi connectivity index (χ1v) is 7.20. The molecule has 0 aliphatic rings. The third kappa shape index (κ3) is 3.58. The fourth-order valence-electron chi connectivity index (χ4n) is 1.57. The molecule has 4 nitrogen and oxygen atoms in total. The van der Waals surface area contributed by atoms with Gasteiger partial charge in [0.15, 0.2) is 10.8 Å². The SMILES string of the molecule is O=c1c(Cl)c(OCCBr)cnn1Cc1ccccc1. The summed E-state index contributed by atoms with van der Waals surface area (Å²) in [6, 6.07) is 9.60. The molecular weight excluding hydrogens is 332 g/mol. The number of aromatic nitrogens is 2. The van der Waals surface area contributed by atoms with Crippen LogP contribution in [-0.2, 0) is 6.54 Å². The first kappa shape index (κ1) is 14.1. The predicted octanol–water partition coefficient (Wildman–Crippen LogP) is 2.72. The fraction of sp³-hybridized carbons (Fsp3) is 0.231. The summed E-state index contributed by atoms with van der Waals surface area (Å²) in [7, 11) is 0. The lowest BCUT2D eigenvalue weighted by molar-refractivity contribution is 0.340. The van der Waals surface area contributed by atoms with Gasteiger partial charge in [0.25, 0.3) is 5.56 Å². The molecule has 0 aliphatic carbocycles. The van der Waals surface area contributed by atoms with Crippen molar-refractivity contribution in [2.75, 3.05) is 11.9 Å². The molecule has 1 heterocycles. The lowest BCUT2D eigenvalue weighted by Crippen LogP contribution is -2.24. The zero-order valence-electron chi connectivity index (χ0n) is 10.1. The third-order valence-electron chi connectivity index (χ3n) is 2.46. The van der Waals surface area contributed by atoms with Crippen molar-refractivity contribution in [3.63, 3.8) is 0 Å². The van der Waals surface area contributed by atoms with Crippen LogP contribution in [0, 0.1) is 0 Å². The molecule has 6 heteroatoms. The summed E-state index contributed by atoms with van der Waals surface area (Å²) in [6.45, 7) is 0.821. The summed E-state index contributed by atoms with van der Waals surface area (Å²) < 4.78 is 6.64. The maximum atomic E-state index is 12.0. The van der Waals surface area contributed by atoms with E-state index in [1.54, 1.807) is 0 Å². The molecule has 0 fully saturated rings. The van der Waals surface area contributed by atoms with Crippen LogP contribution >= 0.6 is 27.5 Å². The zero-order valence-corrected chi connectivity index (χ0v) is 12.4. The van der Waals surface area contributed by atoms with Crippen LogP contribution in [0.15, 0.2) is 41.3 Å². The van der Waals surface area contributed by atoms with Gasteiger partial charge in [0.2, 0.25) is 0 Å². The second-order valence-electron chi connectivity index (χ2n) is 3.81. The van der Waals surface area contributed by atoms with E-state index in [2.05, 4.69) is 21.0 Å². The molecule has 2 aromatic rings. The fourth-order valence-corrected chi connectivity index (χ4v) is 1.93. The molecule has 1 aromatic heterocycles. The van der Waals surface area contributed by atoms with Gasteiger partial charge in [0.1, 0.15) is 0 Å². The Kier molecular flexibility index (Phi) is 4.99. The molecule has 0 saturated heterocycles. The Morgan fingerprint density at radius 2 is 2.05 bits per heavy atom. The molecule has 100 valence electrons. The van der Waals surface area contributed by atoms with E-state index >= 15 is 0 Å². The number of nitrogens with zero attached hydrogens (tertiary/aromatic N) is 2. The first-order valence-electron chi connectivity index (χ1n) is 5.70. The van der Waals surface area contributed by atoms with E-state index in [9.17, 15) is 4.79 Å². The molecule has 1 aromatic carbocycles. The summed E-state index contributed by atoms with van der Waals surface area (Å²) in [4.78, 5) is 12.0. The van der Waals surface area contributed by atoms with Gasteiger partial charge < -0.3 is 4.74 Å². The molecule has 0 aliphatic heterocycles. The monoisotopic (exact) mass is 342 g/mol. The summed E-state index contributed by atoms with van der Waals surface area (Å²) in [5.41, 5.74) is 0.639. The van der Waals surface area contributed by atoms with Crippen molar-refractivity contribution in [3.8, 4) is 5.75 Å². The number of alkyl halides is 1. The number of rotatable bonds is 5. The van der Waals surface area contributed by atoms with Crippen molar-refractivity contribution in [1.29, 1.82) is 0 Å². The van der Waals surface area contributed by atoms with Crippen LogP contribution < -0.4 is 10.3 Å². The molecule has 19 heavy (non-hydrogen) atoms. The molecule has 0 unspecified atom stereocenters. The number of ether oxygens (including phenoxy) is 1.